The Hall–Kier alpha value is -0.990. The van der Waals surface area contributed by atoms with Crippen LogP contribution in [0.3, 0.4) is 0 Å². The second-order valence-corrected chi connectivity index (χ2v) is 5.95. The molecule has 0 spiro atoms. The van der Waals surface area contributed by atoms with Crippen molar-refractivity contribution < 1.29 is 4.74 Å². The van der Waals surface area contributed by atoms with Crippen molar-refractivity contribution in [3.8, 4) is 5.75 Å². The van der Waals surface area contributed by atoms with Gasteiger partial charge in [-0.05, 0) is 55.7 Å². The zero-order valence-electron chi connectivity index (χ0n) is 11.3. The Morgan fingerprint density at radius 3 is 2.26 bits per heavy atom. The molecule has 0 atom stereocenters. The molecule has 0 unspecified atom stereocenters. The van der Waals surface area contributed by atoms with Crippen molar-refractivity contribution >= 4 is 27.5 Å². The van der Waals surface area contributed by atoms with E-state index < -0.39 is 0 Å². The van der Waals surface area contributed by atoms with Crippen molar-refractivity contribution in [2.75, 3.05) is 0 Å². The summed E-state index contributed by atoms with van der Waals surface area (Å²) in [7, 11) is 0. The van der Waals surface area contributed by atoms with E-state index in [9.17, 15) is 0 Å². The van der Waals surface area contributed by atoms with Gasteiger partial charge in [0.1, 0.15) is 12.4 Å². The number of benzene rings is 2. The van der Waals surface area contributed by atoms with E-state index in [1.54, 1.807) is 0 Å². The molecular weight excluding hydrogens is 324 g/mol. The molecule has 3 heteroatoms. The number of hydrogen-bond acceptors (Lipinski definition) is 1. The molecule has 0 aromatic heterocycles. The maximum absolute atomic E-state index is 6.20. The fourth-order valence-electron chi connectivity index (χ4n) is 1.92. The van der Waals surface area contributed by atoms with Crippen LogP contribution in [0.1, 0.15) is 22.3 Å². The summed E-state index contributed by atoms with van der Waals surface area (Å²) in [6.07, 6.45) is 0. The van der Waals surface area contributed by atoms with E-state index in [1.807, 2.05) is 37.3 Å². The predicted molar refractivity (Wildman–Crippen MR) is 84.1 cm³/mol. The number of aryl methyl sites for hydroxylation is 3. The Morgan fingerprint density at radius 2 is 1.68 bits per heavy atom. The number of rotatable bonds is 3. The van der Waals surface area contributed by atoms with E-state index >= 15 is 0 Å². The van der Waals surface area contributed by atoms with Gasteiger partial charge < -0.3 is 4.74 Å². The lowest BCUT2D eigenvalue weighted by atomic mass is 10.1. The molecule has 0 aliphatic rings. The van der Waals surface area contributed by atoms with Crippen LogP contribution in [0.2, 0.25) is 5.02 Å². The molecule has 0 amide bonds. The molecule has 0 saturated heterocycles. The monoisotopic (exact) mass is 338 g/mol. The van der Waals surface area contributed by atoms with Crippen LogP contribution in [-0.2, 0) is 6.61 Å². The third-order valence-electron chi connectivity index (χ3n) is 3.01. The molecule has 0 bridgehead atoms. The van der Waals surface area contributed by atoms with Gasteiger partial charge >= 0.3 is 0 Å². The first-order valence-corrected chi connectivity index (χ1v) is 7.29. The van der Waals surface area contributed by atoms with E-state index in [2.05, 4.69) is 29.8 Å². The lowest BCUT2D eigenvalue weighted by Crippen LogP contribution is -1.97. The largest absolute Gasteiger partial charge is 0.489 e. The average molecular weight is 340 g/mol. The van der Waals surface area contributed by atoms with E-state index in [0.717, 1.165) is 26.4 Å². The van der Waals surface area contributed by atoms with Crippen molar-refractivity contribution in [2.24, 2.45) is 0 Å². The third-order valence-corrected chi connectivity index (χ3v) is 4.62. The minimum atomic E-state index is 0.486. The summed E-state index contributed by atoms with van der Waals surface area (Å²) in [5.41, 5.74) is 4.50. The van der Waals surface area contributed by atoms with Gasteiger partial charge in [0.15, 0.2) is 0 Å². The predicted octanol–water partition coefficient (Wildman–Crippen LogP) is 5.61. The number of hydrogen-bond donors (Lipinski definition) is 0. The molecule has 0 aliphatic heterocycles. The van der Waals surface area contributed by atoms with Gasteiger partial charge in [-0.1, -0.05) is 39.7 Å². The highest BCUT2D eigenvalue weighted by Gasteiger charge is 2.05. The smallest absolute Gasteiger partial charge is 0.120 e. The standard InChI is InChI=1S/C16H16BrClO/c1-10-4-5-13(15(18)6-10)9-19-14-7-11(2)16(17)12(3)8-14/h4-8H,9H2,1-3H3. The minimum Gasteiger partial charge on any atom is -0.489 e. The summed E-state index contributed by atoms with van der Waals surface area (Å²) in [5.74, 6) is 0.870. The van der Waals surface area contributed by atoms with Gasteiger partial charge in [0.25, 0.3) is 0 Å². The number of ether oxygens (including phenoxy) is 1. The van der Waals surface area contributed by atoms with Gasteiger partial charge in [-0.3, -0.25) is 0 Å². The first-order chi connectivity index (χ1) is 8.97. The summed E-state index contributed by atoms with van der Waals surface area (Å²) >= 11 is 9.75. The van der Waals surface area contributed by atoms with Crippen LogP contribution in [0.15, 0.2) is 34.8 Å². The maximum atomic E-state index is 6.20. The third kappa shape index (κ3) is 3.52. The van der Waals surface area contributed by atoms with E-state index in [0.29, 0.717) is 6.61 Å². The fraction of sp³-hybridized carbons (Fsp3) is 0.250. The molecule has 0 radical (unpaired) electrons. The Bertz CT molecular complexity index is 585. The Balaban J connectivity index is 2.14. The zero-order valence-corrected chi connectivity index (χ0v) is 13.6. The molecule has 0 N–H and O–H groups in total. The highest BCUT2D eigenvalue weighted by molar-refractivity contribution is 9.10. The molecule has 0 aliphatic carbocycles. The minimum absolute atomic E-state index is 0.486. The van der Waals surface area contributed by atoms with Crippen LogP contribution in [0.5, 0.6) is 5.75 Å². The quantitative estimate of drug-likeness (QED) is 0.706. The first kappa shape index (κ1) is 14.4. The van der Waals surface area contributed by atoms with Crippen LogP contribution >= 0.6 is 27.5 Å². The summed E-state index contributed by atoms with van der Waals surface area (Å²) < 4.78 is 6.96. The van der Waals surface area contributed by atoms with Crippen molar-refractivity contribution in [2.45, 2.75) is 27.4 Å². The van der Waals surface area contributed by atoms with Crippen molar-refractivity contribution in [3.05, 3.63) is 62.1 Å². The molecule has 2 aromatic carbocycles. The van der Waals surface area contributed by atoms with Gasteiger partial charge in [0.2, 0.25) is 0 Å². The Morgan fingerprint density at radius 1 is 1.05 bits per heavy atom. The van der Waals surface area contributed by atoms with Crippen LogP contribution in [0.4, 0.5) is 0 Å². The van der Waals surface area contributed by atoms with Crippen molar-refractivity contribution in [1.82, 2.24) is 0 Å². The zero-order chi connectivity index (χ0) is 14.0. The van der Waals surface area contributed by atoms with E-state index in [-0.39, 0.29) is 0 Å². The van der Waals surface area contributed by atoms with E-state index in [1.165, 1.54) is 11.1 Å². The fourth-order valence-corrected chi connectivity index (χ4v) is 2.44. The van der Waals surface area contributed by atoms with Crippen LogP contribution < -0.4 is 4.74 Å². The highest BCUT2D eigenvalue weighted by Crippen LogP contribution is 2.27. The Labute approximate surface area is 127 Å². The van der Waals surface area contributed by atoms with Crippen LogP contribution in [0, 0.1) is 20.8 Å². The molecular formula is C16H16BrClO. The second kappa shape index (κ2) is 5.98. The van der Waals surface area contributed by atoms with Gasteiger partial charge in [-0.25, -0.2) is 0 Å². The van der Waals surface area contributed by atoms with Crippen LogP contribution in [-0.4, -0.2) is 0 Å². The van der Waals surface area contributed by atoms with E-state index in [4.69, 9.17) is 16.3 Å². The molecule has 0 saturated carbocycles. The lowest BCUT2D eigenvalue weighted by Gasteiger charge is -2.11. The van der Waals surface area contributed by atoms with Gasteiger partial charge in [-0.15, -0.1) is 0 Å². The van der Waals surface area contributed by atoms with Gasteiger partial charge in [0, 0.05) is 15.1 Å². The van der Waals surface area contributed by atoms with Crippen LogP contribution in [0.25, 0.3) is 0 Å². The molecule has 2 aromatic rings. The summed E-state index contributed by atoms with van der Waals surface area (Å²) in [5, 5.41) is 0.755. The topological polar surface area (TPSA) is 9.23 Å². The SMILES string of the molecule is Cc1ccc(COc2cc(C)c(Br)c(C)c2)c(Cl)c1. The number of halogens is 2. The molecule has 0 heterocycles. The normalized spacial score (nSPS) is 10.6. The van der Waals surface area contributed by atoms with Crippen molar-refractivity contribution in [1.29, 1.82) is 0 Å². The molecule has 1 nitrogen and oxygen atoms in total. The molecule has 19 heavy (non-hydrogen) atoms. The molecule has 100 valence electrons. The lowest BCUT2D eigenvalue weighted by molar-refractivity contribution is 0.306. The Kier molecular flexibility index (Phi) is 4.54. The first-order valence-electron chi connectivity index (χ1n) is 6.12. The molecule has 2 rings (SSSR count). The summed E-state index contributed by atoms with van der Waals surface area (Å²) in [6.45, 7) is 6.63. The summed E-state index contributed by atoms with van der Waals surface area (Å²) in [6, 6.07) is 10.1. The van der Waals surface area contributed by atoms with Gasteiger partial charge in [-0.2, -0.15) is 0 Å². The second-order valence-electron chi connectivity index (χ2n) is 4.75. The maximum Gasteiger partial charge on any atom is 0.120 e. The van der Waals surface area contributed by atoms with Gasteiger partial charge in [0.05, 0.1) is 0 Å². The highest BCUT2D eigenvalue weighted by atomic mass is 79.9. The molecule has 0 fully saturated rings. The average Bonchev–Trinajstić information content (AvgIpc) is 2.34. The van der Waals surface area contributed by atoms with Crippen molar-refractivity contribution in [3.63, 3.8) is 0 Å². The summed E-state index contributed by atoms with van der Waals surface area (Å²) in [4.78, 5) is 0.